The summed E-state index contributed by atoms with van der Waals surface area (Å²) in [6.07, 6.45) is 6.44. The lowest BCUT2D eigenvalue weighted by atomic mass is 10.1. The topological polar surface area (TPSA) is 66.0 Å². The summed E-state index contributed by atoms with van der Waals surface area (Å²) in [6, 6.07) is 17.4. The van der Waals surface area contributed by atoms with Crippen LogP contribution in [0.15, 0.2) is 59.6 Å². The Morgan fingerprint density at radius 3 is 2.81 bits per heavy atom. The molecular formula is C24H29IN4O2. The number of amides is 1. The molecule has 1 amide bonds. The van der Waals surface area contributed by atoms with Gasteiger partial charge >= 0.3 is 0 Å². The van der Waals surface area contributed by atoms with Crippen LogP contribution in [0, 0.1) is 18.3 Å². The van der Waals surface area contributed by atoms with E-state index in [0.29, 0.717) is 24.8 Å². The molecule has 0 spiro atoms. The van der Waals surface area contributed by atoms with E-state index in [-0.39, 0.29) is 36.4 Å². The predicted octanol–water partition coefficient (Wildman–Crippen LogP) is 3.34. The van der Waals surface area contributed by atoms with Crippen molar-refractivity contribution in [3.63, 3.8) is 0 Å². The fourth-order valence-electron chi connectivity index (χ4n) is 3.46. The number of nitrogens with zero attached hydrogens (tertiary/aromatic N) is 2. The van der Waals surface area contributed by atoms with Gasteiger partial charge < -0.3 is 20.3 Å². The van der Waals surface area contributed by atoms with Crippen LogP contribution in [0.4, 0.5) is 5.69 Å². The monoisotopic (exact) mass is 532 g/mol. The van der Waals surface area contributed by atoms with Crippen molar-refractivity contribution in [1.82, 2.24) is 10.2 Å². The highest BCUT2D eigenvalue weighted by Gasteiger charge is 2.25. The van der Waals surface area contributed by atoms with Crippen molar-refractivity contribution in [3.8, 4) is 12.3 Å². The number of terminal acetylenes is 1. The largest absolute Gasteiger partial charge is 0.376 e. The Kier molecular flexibility index (Phi) is 10.3. The molecule has 0 aromatic heterocycles. The van der Waals surface area contributed by atoms with Crippen molar-refractivity contribution in [2.75, 3.05) is 38.6 Å². The number of anilines is 1. The Labute approximate surface area is 201 Å². The van der Waals surface area contributed by atoms with E-state index >= 15 is 0 Å². The molecule has 164 valence electrons. The number of hydrogen-bond acceptors (Lipinski definition) is 3. The zero-order valence-corrected chi connectivity index (χ0v) is 20.0. The molecule has 1 saturated heterocycles. The summed E-state index contributed by atoms with van der Waals surface area (Å²) >= 11 is 0. The standard InChI is InChI=1S/C24H28N4O2.HI/c1-3-19-10-7-11-22(14-19)27-23(29)15-26-24(25-2)28-13-12-21(16-28)18-30-17-20-8-5-4-6-9-20;/h1,4-11,14,21H,12-13,15-18H2,2H3,(H,25,26)(H,27,29);1H. The van der Waals surface area contributed by atoms with Gasteiger partial charge in [0.05, 0.1) is 19.8 Å². The van der Waals surface area contributed by atoms with Crippen LogP contribution in [-0.4, -0.2) is 50.1 Å². The number of aliphatic imine (C=N–C) groups is 1. The molecule has 2 N–H and O–H groups in total. The molecule has 1 aliphatic rings. The minimum absolute atomic E-state index is 0. The third-order valence-electron chi connectivity index (χ3n) is 4.98. The van der Waals surface area contributed by atoms with Crippen LogP contribution in [0.5, 0.6) is 0 Å². The Bertz CT molecular complexity index is 911. The van der Waals surface area contributed by atoms with E-state index < -0.39 is 0 Å². The SMILES string of the molecule is C#Cc1cccc(NC(=O)CNC(=NC)N2CCC(COCc3ccccc3)C2)c1.I. The summed E-state index contributed by atoms with van der Waals surface area (Å²) < 4.78 is 5.88. The van der Waals surface area contributed by atoms with E-state index in [0.717, 1.165) is 31.0 Å². The van der Waals surface area contributed by atoms with Crippen LogP contribution < -0.4 is 10.6 Å². The molecule has 1 fully saturated rings. The average Bonchev–Trinajstić information content (AvgIpc) is 3.24. The van der Waals surface area contributed by atoms with Crippen molar-refractivity contribution in [3.05, 3.63) is 65.7 Å². The maximum absolute atomic E-state index is 12.3. The maximum atomic E-state index is 12.3. The number of carbonyl (C=O) groups is 1. The van der Waals surface area contributed by atoms with Crippen LogP contribution in [0.2, 0.25) is 0 Å². The van der Waals surface area contributed by atoms with E-state index in [2.05, 4.69) is 38.6 Å². The van der Waals surface area contributed by atoms with Crippen LogP contribution in [0.1, 0.15) is 17.5 Å². The van der Waals surface area contributed by atoms with Gasteiger partial charge in [-0.3, -0.25) is 9.79 Å². The minimum Gasteiger partial charge on any atom is -0.376 e. The van der Waals surface area contributed by atoms with E-state index in [1.807, 2.05) is 36.4 Å². The number of likely N-dealkylation sites (tertiary alicyclic amines) is 1. The molecule has 0 aliphatic carbocycles. The van der Waals surface area contributed by atoms with Crippen molar-refractivity contribution in [1.29, 1.82) is 0 Å². The second-order valence-corrected chi connectivity index (χ2v) is 7.28. The fourth-order valence-corrected chi connectivity index (χ4v) is 3.46. The van der Waals surface area contributed by atoms with E-state index in [4.69, 9.17) is 11.2 Å². The van der Waals surface area contributed by atoms with E-state index in [1.54, 1.807) is 13.1 Å². The zero-order valence-electron chi connectivity index (χ0n) is 17.7. The van der Waals surface area contributed by atoms with Crippen LogP contribution >= 0.6 is 24.0 Å². The van der Waals surface area contributed by atoms with E-state index in [1.165, 1.54) is 5.56 Å². The molecule has 3 rings (SSSR count). The van der Waals surface area contributed by atoms with Gasteiger partial charge in [-0.25, -0.2) is 0 Å². The number of nitrogens with one attached hydrogen (secondary N) is 2. The van der Waals surface area contributed by atoms with Gasteiger partial charge in [-0.05, 0) is 30.2 Å². The Balaban J connectivity index is 0.00000341. The molecule has 1 aliphatic heterocycles. The first-order valence-corrected chi connectivity index (χ1v) is 10.1. The molecule has 2 aromatic rings. The van der Waals surface area contributed by atoms with Gasteiger partial charge in [-0.2, -0.15) is 0 Å². The second kappa shape index (κ2) is 13.0. The molecular weight excluding hydrogens is 503 g/mol. The van der Waals surface area contributed by atoms with Crippen molar-refractivity contribution < 1.29 is 9.53 Å². The normalized spacial score (nSPS) is 15.7. The molecule has 1 atom stereocenters. The molecule has 7 heteroatoms. The Morgan fingerprint density at radius 1 is 1.26 bits per heavy atom. The lowest BCUT2D eigenvalue weighted by Gasteiger charge is -2.21. The number of carbonyl (C=O) groups excluding carboxylic acids is 1. The van der Waals surface area contributed by atoms with Crippen molar-refractivity contribution >= 4 is 41.5 Å². The van der Waals surface area contributed by atoms with Crippen LogP contribution in [0.25, 0.3) is 0 Å². The van der Waals surface area contributed by atoms with Gasteiger partial charge in [0.25, 0.3) is 0 Å². The third kappa shape index (κ3) is 7.89. The first-order valence-electron chi connectivity index (χ1n) is 10.1. The number of guanidine groups is 1. The summed E-state index contributed by atoms with van der Waals surface area (Å²) in [5.41, 5.74) is 2.60. The molecule has 1 unspecified atom stereocenters. The predicted molar refractivity (Wildman–Crippen MR) is 136 cm³/mol. The van der Waals surface area contributed by atoms with Crippen molar-refractivity contribution in [2.24, 2.45) is 10.9 Å². The van der Waals surface area contributed by atoms with Gasteiger partial charge in [0, 0.05) is 37.3 Å². The lowest BCUT2D eigenvalue weighted by Crippen LogP contribution is -2.43. The Morgan fingerprint density at radius 2 is 2.06 bits per heavy atom. The highest BCUT2D eigenvalue weighted by molar-refractivity contribution is 14.0. The van der Waals surface area contributed by atoms with Crippen LogP contribution in [-0.2, 0) is 16.1 Å². The number of hydrogen-bond donors (Lipinski definition) is 2. The highest BCUT2D eigenvalue weighted by atomic mass is 127. The summed E-state index contributed by atoms with van der Waals surface area (Å²) in [7, 11) is 1.73. The zero-order chi connectivity index (χ0) is 21.2. The molecule has 1 heterocycles. The summed E-state index contributed by atoms with van der Waals surface area (Å²) in [5, 5.41) is 5.99. The quantitative estimate of drug-likeness (QED) is 0.249. The molecule has 31 heavy (non-hydrogen) atoms. The second-order valence-electron chi connectivity index (χ2n) is 7.28. The summed E-state index contributed by atoms with van der Waals surface area (Å²) in [5.74, 6) is 3.60. The maximum Gasteiger partial charge on any atom is 0.243 e. The minimum atomic E-state index is -0.146. The summed E-state index contributed by atoms with van der Waals surface area (Å²) in [6.45, 7) is 3.24. The van der Waals surface area contributed by atoms with Crippen LogP contribution in [0.3, 0.4) is 0 Å². The number of benzene rings is 2. The summed E-state index contributed by atoms with van der Waals surface area (Å²) in [4.78, 5) is 18.8. The number of rotatable bonds is 7. The molecule has 2 aromatic carbocycles. The van der Waals surface area contributed by atoms with E-state index in [9.17, 15) is 4.79 Å². The fraction of sp³-hybridized carbons (Fsp3) is 0.333. The average molecular weight is 532 g/mol. The van der Waals surface area contributed by atoms with Gasteiger partial charge in [-0.15, -0.1) is 30.4 Å². The van der Waals surface area contributed by atoms with Gasteiger partial charge in [0.1, 0.15) is 0 Å². The third-order valence-corrected chi connectivity index (χ3v) is 4.98. The Hall–Kier alpha value is -2.57. The molecule has 6 nitrogen and oxygen atoms in total. The van der Waals surface area contributed by atoms with Gasteiger partial charge in [0.15, 0.2) is 5.96 Å². The first kappa shape index (κ1) is 24.7. The first-order chi connectivity index (χ1) is 14.7. The van der Waals surface area contributed by atoms with Crippen molar-refractivity contribution in [2.45, 2.75) is 13.0 Å². The lowest BCUT2D eigenvalue weighted by molar-refractivity contribution is -0.115. The molecule has 0 bridgehead atoms. The van der Waals surface area contributed by atoms with Gasteiger partial charge in [-0.1, -0.05) is 42.3 Å². The highest BCUT2D eigenvalue weighted by Crippen LogP contribution is 2.17. The number of halogens is 1. The van der Waals surface area contributed by atoms with Gasteiger partial charge in [0.2, 0.25) is 5.91 Å². The molecule has 0 saturated carbocycles. The number of ether oxygens (including phenoxy) is 1. The molecule has 0 radical (unpaired) electrons. The smallest absolute Gasteiger partial charge is 0.243 e.